The molecule has 1 saturated heterocycles. The molecule has 0 spiro atoms. The predicted octanol–water partition coefficient (Wildman–Crippen LogP) is 3.35. The van der Waals surface area contributed by atoms with Gasteiger partial charge in [-0.05, 0) is 37.1 Å². The number of hydrogen-bond acceptors (Lipinski definition) is 4. The van der Waals surface area contributed by atoms with Crippen molar-refractivity contribution in [3.05, 3.63) is 53.6 Å². The molecule has 1 N–H and O–H groups in total. The molecule has 1 aliphatic heterocycles. The van der Waals surface area contributed by atoms with Gasteiger partial charge < -0.3 is 10.2 Å². The van der Waals surface area contributed by atoms with Gasteiger partial charge in [-0.3, -0.25) is 4.79 Å². The van der Waals surface area contributed by atoms with Gasteiger partial charge in [-0.1, -0.05) is 35.9 Å². The first kappa shape index (κ1) is 17.8. The Balaban J connectivity index is 1.79. The average molecular weight is 379 g/mol. The molecule has 7 heteroatoms. The zero-order chi connectivity index (χ0) is 17.9. The summed E-state index contributed by atoms with van der Waals surface area (Å²) in [6, 6.07) is 13.2. The lowest BCUT2D eigenvalue weighted by Crippen LogP contribution is -2.25. The molecule has 0 aliphatic carbocycles. The Morgan fingerprint density at radius 3 is 2.40 bits per heavy atom. The van der Waals surface area contributed by atoms with Crippen molar-refractivity contribution >= 4 is 38.7 Å². The normalized spacial score (nSPS) is 14.5. The second-order valence-electron chi connectivity index (χ2n) is 5.95. The molecule has 3 rings (SSSR count). The van der Waals surface area contributed by atoms with Crippen LogP contribution >= 0.6 is 11.6 Å². The van der Waals surface area contributed by atoms with E-state index in [-0.39, 0.29) is 4.90 Å². The van der Waals surface area contributed by atoms with Gasteiger partial charge in [0.2, 0.25) is 5.91 Å². The van der Waals surface area contributed by atoms with E-state index in [0.29, 0.717) is 10.7 Å². The predicted molar refractivity (Wildman–Crippen MR) is 100 cm³/mol. The standard InChI is InChI=1S/C18H19ClN2O3S/c19-15-9-6-10-16(18(15)21-11-4-5-12-21)20-17(22)13-25(23,24)14-7-2-1-3-8-14/h1-3,6-10H,4-5,11-13H2,(H,20,22). The van der Waals surface area contributed by atoms with Gasteiger partial charge in [-0.15, -0.1) is 0 Å². The molecule has 1 aliphatic rings. The molecule has 132 valence electrons. The molecular weight excluding hydrogens is 360 g/mol. The van der Waals surface area contributed by atoms with Crippen molar-refractivity contribution in [2.24, 2.45) is 0 Å². The molecule has 5 nitrogen and oxygen atoms in total. The highest BCUT2D eigenvalue weighted by atomic mass is 35.5. The van der Waals surface area contributed by atoms with Crippen molar-refractivity contribution in [2.45, 2.75) is 17.7 Å². The number of rotatable bonds is 5. The zero-order valence-electron chi connectivity index (χ0n) is 13.6. The highest BCUT2D eigenvalue weighted by Gasteiger charge is 2.23. The third kappa shape index (κ3) is 4.14. The molecule has 0 radical (unpaired) electrons. The molecule has 0 bridgehead atoms. The summed E-state index contributed by atoms with van der Waals surface area (Å²) in [6.07, 6.45) is 2.14. The smallest absolute Gasteiger partial charge is 0.240 e. The lowest BCUT2D eigenvalue weighted by Gasteiger charge is -2.23. The molecule has 2 aromatic rings. The van der Waals surface area contributed by atoms with E-state index in [1.165, 1.54) is 12.1 Å². The molecule has 25 heavy (non-hydrogen) atoms. The molecule has 1 heterocycles. The number of para-hydroxylation sites is 1. The lowest BCUT2D eigenvalue weighted by atomic mass is 10.2. The minimum absolute atomic E-state index is 0.135. The SMILES string of the molecule is O=C(CS(=O)(=O)c1ccccc1)Nc1cccc(Cl)c1N1CCCC1. The first-order valence-electron chi connectivity index (χ1n) is 8.08. The van der Waals surface area contributed by atoms with Crippen molar-refractivity contribution in [3.63, 3.8) is 0 Å². The van der Waals surface area contributed by atoms with Gasteiger partial charge >= 0.3 is 0 Å². The van der Waals surface area contributed by atoms with E-state index in [9.17, 15) is 13.2 Å². The fourth-order valence-electron chi connectivity index (χ4n) is 2.95. The van der Waals surface area contributed by atoms with Crippen LogP contribution in [0.1, 0.15) is 12.8 Å². The maximum absolute atomic E-state index is 12.3. The van der Waals surface area contributed by atoms with E-state index < -0.39 is 21.5 Å². The summed E-state index contributed by atoms with van der Waals surface area (Å²) in [4.78, 5) is 14.6. The fraction of sp³-hybridized carbons (Fsp3) is 0.278. The second kappa shape index (κ2) is 7.45. The van der Waals surface area contributed by atoms with Crippen LogP contribution in [0.5, 0.6) is 0 Å². The number of halogens is 1. The number of nitrogens with one attached hydrogen (secondary N) is 1. The van der Waals surface area contributed by atoms with Gasteiger partial charge in [0.15, 0.2) is 9.84 Å². The van der Waals surface area contributed by atoms with E-state index in [1.54, 1.807) is 36.4 Å². The summed E-state index contributed by atoms with van der Waals surface area (Å²) in [5.74, 6) is -1.19. The van der Waals surface area contributed by atoms with Gasteiger partial charge in [0.1, 0.15) is 5.75 Å². The summed E-state index contributed by atoms with van der Waals surface area (Å²) >= 11 is 6.31. The number of anilines is 2. The van der Waals surface area contributed by atoms with Crippen molar-refractivity contribution in [1.29, 1.82) is 0 Å². The minimum atomic E-state index is -3.68. The van der Waals surface area contributed by atoms with E-state index in [4.69, 9.17) is 11.6 Å². The van der Waals surface area contributed by atoms with Crippen LogP contribution in [0.4, 0.5) is 11.4 Å². The highest BCUT2D eigenvalue weighted by molar-refractivity contribution is 7.92. The molecule has 0 unspecified atom stereocenters. The van der Waals surface area contributed by atoms with Crippen LogP contribution in [0, 0.1) is 0 Å². The van der Waals surface area contributed by atoms with Crippen molar-refractivity contribution in [2.75, 3.05) is 29.1 Å². The quantitative estimate of drug-likeness (QED) is 0.866. The van der Waals surface area contributed by atoms with Crippen LogP contribution in [0.25, 0.3) is 0 Å². The molecule has 1 fully saturated rings. The maximum Gasteiger partial charge on any atom is 0.240 e. The Hall–Kier alpha value is -2.05. The number of nitrogens with zero attached hydrogens (tertiary/aromatic N) is 1. The van der Waals surface area contributed by atoms with E-state index in [2.05, 4.69) is 10.2 Å². The van der Waals surface area contributed by atoms with Gasteiger partial charge in [0.05, 0.1) is 21.3 Å². The van der Waals surface area contributed by atoms with E-state index >= 15 is 0 Å². The largest absolute Gasteiger partial charge is 0.369 e. The molecule has 0 aromatic heterocycles. The number of hydrogen-bond donors (Lipinski definition) is 1. The van der Waals surface area contributed by atoms with E-state index in [1.807, 2.05) is 0 Å². The molecular formula is C18H19ClN2O3S. The third-order valence-corrected chi connectivity index (χ3v) is 6.04. The first-order chi connectivity index (χ1) is 12.0. The monoisotopic (exact) mass is 378 g/mol. The summed E-state index contributed by atoms with van der Waals surface area (Å²) in [5, 5.41) is 3.26. The number of sulfone groups is 1. The summed E-state index contributed by atoms with van der Waals surface area (Å²) in [6.45, 7) is 1.74. The highest BCUT2D eigenvalue weighted by Crippen LogP contribution is 2.36. The Bertz CT molecular complexity index is 863. The number of carbonyl (C=O) groups is 1. The van der Waals surface area contributed by atoms with Crippen LogP contribution in [0.2, 0.25) is 5.02 Å². The van der Waals surface area contributed by atoms with Crippen LogP contribution in [0.15, 0.2) is 53.4 Å². The number of amides is 1. The van der Waals surface area contributed by atoms with Gasteiger partial charge in [0, 0.05) is 13.1 Å². The van der Waals surface area contributed by atoms with Gasteiger partial charge in [-0.2, -0.15) is 0 Å². The summed E-state index contributed by atoms with van der Waals surface area (Å²) in [7, 11) is -3.68. The summed E-state index contributed by atoms with van der Waals surface area (Å²) in [5.41, 5.74) is 1.30. The molecule has 2 aromatic carbocycles. The molecule has 1 amide bonds. The van der Waals surface area contributed by atoms with Gasteiger partial charge in [-0.25, -0.2) is 8.42 Å². The first-order valence-corrected chi connectivity index (χ1v) is 10.1. The van der Waals surface area contributed by atoms with E-state index in [0.717, 1.165) is 31.6 Å². The fourth-order valence-corrected chi connectivity index (χ4v) is 4.40. The van der Waals surface area contributed by atoms with Gasteiger partial charge in [0.25, 0.3) is 0 Å². The summed E-state index contributed by atoms with van der Waals surface area (Å²) < 4.78 is 24.7. The van der Waals surface area contributed by atoms with Crippen LogP contribution in [-0.4, -0.2) is 33.2 Å². The van der Waals surface area contributed by atoms with Crippen molar-refractivity contribution in [3.8, 4) is 0 Å². The Labute approximate surface area is 152 Å². The lowest BCUT2D eigenvalue weighted by molar-refractivity contribution is -0.113. The topological polar surface area (TPSA) is 66.5 Å². The Morgan fingerprint density at radius 2 is 1.72 bits per heavy atom. The number of carbonyl (C=O) groups excluding carboxylic acids is 1. The molecule has 0 saturated carbocycles. The van der Waals surface area contributed by atoms with Crippen LogP contribution in [-0.2, 0) is 14.6 Å². The zero-order valence-corrected chi connectivity index (χ0v) is 15.2. The Morgan fingerprint density at radius 1 is 1.04 bits per heavy atom. The third-order valence-electron chi connectivity index (χ3n) is 4.11. The Kier molecular flexibility index (Phi) is 5.30. The van der Waals surface area contributed by atoms with Crippen LogP contribution < -0.4 is 10.2 Å². The minimum Gasteiger partial charge on any atom is -0.369 e. The maximum atomic E-state index is 12.3. The van der Waals surface area contributed by atoms with Crippen molar-refractivity contribution in [1.82, 2.24) is 0 Å². The van der Waals surface area contributed by atoms with Crippen LogP contribution in [0.3, 0.4) is 0 Å². The average Bonchev–Trinajstić information content (AvgIpc) is 3.09. The molecule has 0 atom stereocenters. The van der Waals surface area contributed by atoms with Crippen molar-refractivity contribution < 1.29 is 13.2 Å². The number of benzene rings is 2. The second-order valence-corrected chi connectivity index (χ2v) is 8.35.